The molecule has 26 heavy (non-hydrogen) atoms. The highest BCUT2D eigenvalue weighted by Crippen LogP contribution is 2.18. The van der Waals surface area contributed by atoms with E-state index in [1.807, 2.05) is 60.7 Å². The Bertz CT molecular complexity index is 1090. The molecule has 5 heteroatoms. The highest BCUT2D eigenvalue weighted by atomic mass is 16.5. The lowest BCUT2D eigenvalue weighted by molar-refractivity contribution is 0.288. The van der Waals surface area contributed by atoms with E-state index in [1.165, 1.54) is 0 Å². The lowest BCUT2D eigenvalue weighted by Crippen LogP contribution is -2.03. The first-order chi connectivity index (χ1) is 12.9. The number of benzene rings is 1. The van der Waals surface area contributed by atoms with E-state index in [1.54, 1.807) is 12.4 Å². The van der Waals surface area contributed by atoms with Gasteiger partial charge in [0.1, 0.15) is 12.1 Å². The maximum Gasteiger partial charge on any atom is 0.250 e. The summed E-state index contributed by atoms with van der Waals surface area (Å²) in [5.41, 5.74) is 3.36. The molecular formula is C21H14N4O. The topological polar surface area (TPSA) is 60.8 Å². The molecule has 1 aromatic carbocycles. The van der Waals surface area contributed by atoms with Crippen LogP contribution in [0.2, 0.25) is 0 Å². The third-order valence-corrected chi connectivity index (χ3v) is 3.59. The van der Waals surface area contributed by atoms with Crippen LogP contribution in [-0.4, -0.2) is 19.9 Å². The molecule has 0 saturated heterocycles. The number of aromatic nitrogens is 4. The zero-order valence-corrected chi connectivity index (χ0v) is 13.8. The fourth-order valence-corrected chi connectivity index (χ4v) is 2.34. The van der Waals surface area contributed by atoms with Gasteiger partial charge in [0.05, 0.1) is 5.69 Å². The van der Waals surface area contributed by atoms with Crippen LogP contribution in [0, 0.1) is 11.8 Å². The van der Waals surface area contributed by atoms with Crippen LogP contribution in [-0.2, 0) is 6.61 Å². The van der Waals surface area contributed by atoms with Gasteiger partial charge in [-0.15, -0.1) is 0 Å². The van der Waals surface area contributed by atoms with Crippen molar-refractivity contribution in [2.75, 3.05) is 0 Å². The summed E-state index contributed by atoms with van der Waals surface area (Å²) in [7, 11) is 0. The summed E-state index contributed by atoms with van der Waals surface area (Å²) in [5, 5.41) is 0. The summed E-state index contributed by atoms with van der Waals surface area (Å²) in [6, 6.07) is 19.0. The molecule has 4 aromatic rings. The largest absolute Gasteiger partial charge is 0.469 e. The van der Waals surface area contributed by atoms with Crippen molar-refractivity contribution < 1.29 is 4.74 Å². The first-order valence-corrected chi connectivity index (χ1v) is 8.11. The fraction of sp³-hybridized carbons (Fsp3) is 0.0476. The Morgan fingerprint density at radius 2 is 1.62 bits per heavy atom. The quantitative estimate of drug-likeness (QED) is 0.536. The van der Waals surface area contributed by atoms with Crippen LogP contribution in [0.4, 0.5) is 0 Å². The molecule has 4 rings (SSSR count). The molecular weight excluding hydrogens is 324 g/mol. The molecule has 0 atom stereocenters. The molecule has 0 N–H and O–H groups in total. The van der Waals surface area contributed by atoms with Crippen molar-refractivity contribution >= 4 is 11.2 Å². The van der Waals surface area contributed by atoms with Crippen molar-refractivity contribution in [2.45, 2.75) is 6.61 Å². The highest BCUT2D eigenvalue weighted by molar-refractivity contribution is 5.71. The van der Waals surface area contributed by atoms with Crippen LogP contribution < -0.4 is 4.74 Å². The smallest absolute Gasteiger partial charge is 0.250 e. The van der Waals surface area contributed by atoms with Crippen molar-refractivity contribution in [1.29, 1.82) is 0 Å². The van der Waals surface area contributed by atoms with Crippen molar-refractivity contribution in [3.8, 4) is 17.7 Å². The standard InChI is InChI=1S/C21H14N4O/c1-2-7-16(8-3-1)11-12-19-21(26-15-17-9-4-5-13-22-17)25-18-10-6-14-23-20(18)24-19/h1-10,13-14H,15H2. The number of rotatable bonds is 3. The predicted octanol–water partition coefficient (Wildman–Crippen LogP) is 3.40. The van der Waals surface area contributed by atoms with E-state index in [9.17, 15) is 0 Å². The lowest BCUT2D eigenvalue weighted by Gasteiger charge is -2.07. The molecule has 124 valence electrons. The minimum atomic E-state index is 0.293. The second kappa shape index (κ2) is 7.41. The summed E-state index contributed by atoms with van der Waals surface area (Å²) >= 11 is 0. The van der Waals surface area contributed by atoms with Crippen molar-refractivity contribution in [3.05, 3.63) is 90.0 Å². The third kappa shape index (κ3) is 3.65. The highest BCUT2D eigenvalue weighted by Gasteiger charge is 2.10. The van der Waals surface area contributed by atoms with E-state index in [0.717, 1.165) is 11.3 Å². The summed E-state index contributed by atoms with van der Waals surface area (Å²) in [4.78, 5) is 17.5. The predicted molar refractivity (Wildman–Crippen MR) is 98.3 cm³/mol. The van der Waals surface area contributed by atoms with Gasteiger partial charge in [0.15, 0.2) is 11.3 Å². The Morgan fingerprint density at radius 3 is 2.46 bits per heavy atom. The van der Waals surface area contributed by atoms with Crippen LogP contribution in [0.1, 0.15) is 17.0 Å². The zero-order valence-electron chi connectivity index (χ0n) is 13.8. The molecule has 0 unspecified atom stereocenters. The maximum atomic E-state index is 5.85. The van der Waals surface area contributed by atoms with Crippen LogP contribution in [0.5, 0.6) is 5.88 Å². The van der Waals surface area contributed by atoms with E-state index in [4.69, 9.17) is 4.74 Å². The SMILES string of the molecule is C(#Cc1nc2ncccc2nc1OCc1ccccn1)c1ccccc1. The molecule has 0 bridgehead atoms. The van der Waals surface area contributed by atoms with Crippen molar-refractivity contribution in [2.24, 2.45) is 0 Å². The molecule has 0 saturated carbocycles. The Hall–Kier alpha value is -3.78. The second-order valence-corrected chi connectivity index (χ2v) is 5.45. The molecule has 0 amide bonds. The van der Waals surface area contributed by atoms with Gasteiger partial charge in [-0.05, 0) is 42.3 Å². The molecule has 3 heterocycles. The average molecular weight is 338 g/mol. The van der Waals surface area contributed by atoms with E-state index >= 15 is 0 Å². The number of hydrogen-bond acceptors (Lipinski definition) is 5. The van der Waals surface area contributed by atoms with Gasteiger partial charge in [0.2, 0.25) is 5.88 Å². The Morgan fingerprint density at radius 1 is 0.769 bits per heavy atom. The molecule has 0 aliphatic heterocycles. The monoisotopic (exact) mass is 338 g/mol. The van der Waals surface area contributed by atoms with Gasteiger partial charge in [-0.3, -0.25) is 4.98 Å². The summed E-state index contributed by atoms with van der Waals surface area (Å²) in [5.74, 6) is 6.51. The number of ether oxygens (including phenoxy) is 1. The minimum Gasteiger partial charge on any atom is -0.469 e. The number of nitrogens with zero attached hydrogens (tertiary/aromatic N) is 4. The Kier molecular flexibility index (Phi) is 4.48. The van der Waals surface area contributed by atoms with Gasteiger partial charge in [0, 0.05) is 18.0 Å². The normalized spacial score (nSPS) is 10.2. The number of hydrogen-bond donors (Lipinski definition) is 0. The molecule has 0 radical (unpaired) electrons. The van der Waals surface area contributed by atoms with Crippen LogP contribution >= 0.6 is 0 Å². The number of fused-ring (bicyclic) bond motifs is 1. The van der Waals surface area contributed by atoms with Gasteiger partial charge in [0.25, 0.3) is 0 Å². The average Bonchev–Trinajstić information content (AvgIpc) is 2.72. The molecule has 0 spiro atoms. The van der Waals surface area contributed by atoms with Crippen LogP contribution in [0.25, 0.3) is 11.2 Å². The molecule has 0 fully saturated rings. The lowest BCUT2D eigenvalue weighted by atomic mass is 10.2. The van der Waals surface area contributed by atoms with E-state index in [0.29, 0.717) is 29.3 Å². The second-order valence-electron chi connectivity index (χ2n) is 5.45. The summed E-state index contributed by atoms with van der Waals surface area (Å²) in [6.07, 6.45) is 3.41. The summed E-state index contributed by atoms with van der Waals surface area (Å²) < 4.78 is 5.85. The van der Waals surface area contributed by atoms with Crippen molar-refractivity contribution in [3.63, 3.8) is 0 Å². The molecule has 0 aliphatic carbocycles. The third-order valence-electron chi connectivity index (χ3n) is 3.59. The van der Waals surface area contributed by atoms with E-state index in [2.05, 4.69) is 31.8 Å². The van der Waals surface area contributed by atoms with Gasteiger partial charge >= 0.3 is 0 Å². The first kappa shape index (κ1) is 15.7. The Balaban J connectivity index is 1.70. The van der Waals surface area contributed by atoms with Gasteiger partial charge < -0.3 is 4.74 Å². The maximum absolute atomic E-state index is 5.85. The first-order valence-electron chi connectivity index (χ1n) is 8.11. The summed E-state index contributed by atoms with van der Waals surface area (Å²) in [6.45, 7) is 0.293. The van der Waals surface area contributed by atoms with Crippen LogP contribution in [0.3, 0.4) is 0 Å². The Labute approximate surface area is 150 Å². The van der Waals surface area contributed by atoms with Gasteiger partial charge in [-0.1, -0.05) is 30.2 Å². The molecule has 0 aliphatic rings. The van der Waals surface area contributed by atoms with E-state index < -0.39 is 0 Å². The van der Waals surface area contributed by atoms with Crippen molar-refractivity contribution in [1.82, 2.24) is 19.9 Å². The number of pyridine rings is 2. The molecule has 5 nitrogen and oxygen atoms in total. The van der Waals surface area contributed by atoms with Gasteiger partial charge in [-0.2, -0.15) is 0 Å². The fourth-order valence-electron chi connectivity index (χ4n) is 2.34. The van der Waals surface area contributed by atoms with E-state index in [-0.39, 0.29) is 0 Å². The minimum absolute atomic E-state index is 0.293. The van der Waals surface area contributed by atoms with Gasteiger partial charge in [-0.25, -0.2) is 15.0 Å². The zero-order chi connectivity index (χ0) is 17.6. The van der Waals surface area contributed by atoms with Crippen LogP contribution in [0.15, 0.2) is 73.1 Å². The molecule has 3 aromatic heterocycles.